The van der Waals surface area contributed by atoms with Crippen molar-refractivity contribution in [2.75, 3.05) is 33.0 Å². The average molecular weight is 241 g/mol. The number of hydrogen-bond acceptors (Lipinski definition) is 7. The maximum Gasteiger partial charge on any atom is 0.259 e. The molecule has 0 saturated carbocycles. The van der Waals surface area contributed by atoms with Gasteiger partial charge in [0.1, 0.15) is 12.3 Å². The highest BCUT2D eigenvalue weighted by Gasteiger charge is 2.08. The van der Waals surface area contributed by atoms with Crippen LogP contribution in [0.15, 0.2) is 10.5 Å². The quantitative estimate of drug-likeness (QED) is 0.434. The Bertz CT molecular complexity index is 375. The van der Waals surface area contributed by atoms with Gasteiger partial charge in [0.15, 0.2) is 10.8 Å². The molecule has 2 N–H and O–H groups in total. The number of likely N-dealkylation sites (N-methyl/N-ethyl adjacent to an activating group) is 1. The zero-order valence-electron chi connectivity index (χ0n) is 9.14. The van der Waals surface area contributed by atoms with Crippen LogP contribution >= 0.6 is 11.3 Å². The molecule has 0 amide bonds. The normalized spacial score (nSPS) is 11.8. The Kier molecular flexibility index (Phi) is 4.87. The lowest BCUT2D eigenvalue weighted by molar-refractivity contribution is 0.126. The van der Waals surface area contributed by atoms with Crippen molar-refractivity contribution in [3.63, 3.8) is 0 Å². The molecule has 1 radical (unpaired) electrons. The van der Waals surface area contributed by atoms with Gasteiger partial charge in [-0.25, -0.2) is 4.98 Å². The molecule has 0 spiro atoms. The van der Waals surface area contributed by atoms with Crippen LogP contribution < -0.4 is 5.73 Å². The predicted molar refractivity (Wildman–Crippen MR) is 63.3 cm³/mol. The molecule has 1 rings (SSSR count). The van der Waals surface area contributed by atoms with Crippen LogP contribution in [0.2, 0.25) is 0 Å². The summed E-state index contributed by atoms with van der Waals surface area (Å²) < 4.78 is 0. The summed E-state index contributed by atoms with van der Waals surface area (Å²) in [6, 6.07) is 0. The minimum absolute atomic E-state index is 0.0340. The fourth-order valence-corrected chi connectivity index (χ4v) is 1.40. The van der Waals surface area contributed by atoms with E-state index in [-0.39, 0.29) is 5.71 Å². The van der Waals surface area contributed by atoms with E-state index < -0.39 is 0 Å². The van der Waals surface area contributed by atoms with Crippen molar-refractivity contribution in [1.82, 2.24) is 9.88 Å². The van der Waals surface area contributed by atoms with Gasteiger partial charge in [0, 0.05) is 11.9 Å². The van der Waals surface area contributed by atoms with Gasteiger partial charge in [-0.1, -0.05) is 5.16 Å². The average Bonchev–Trinajstić information content (AvgIpc) is 2.64. The third-order valence-corrected chi connectivity index (χ3v) is 2.32. The third-order valence-electron chi connectivity index (χ3n) is 1.65. The summed E-state index contributed by atoms with van der Waals surface area (Å²) in [5.41, 5.74) is 5.87. The number of carbonyl (C=O) groups excluding carboxylic acids is 1. The van der Waals surface area contributed by atoms with Crippen LogP contribution in [-0.4, -0.2) is 49.1 Å². The molecule has 0 unspecified atom stereocenters. The van der Waals surface area contributed by atoms with E-state index in [9.17, 15) is 4.79 Å². The summed E-state index contributed by atoms with van der Waals surface area (Å²) in [5, 5.41) is 5.67. The van der Waals surface area contributed by atoms with Crippen LogP contribution in [0.25, 0.3) is 0 Å². The zero-order chi connectivity index (χ0) is 12.0. The van der Waals surface area contributed by atoms with Crippen molar-refractivity contribution in [2.24, 2.45) is 5.16 Å². The number of thiazole rings is 1. The summed E-state index contributed by atoms with van der Waals surface area (Å²) in [6.45, 7) is 1.12. The minimum Gasteiger partial charge on any atom is -0.394 e. The van der Waals surface area contributed by atoms with E-state index in [1.165, 1.54) is 11.3 Å². The molecule has 0 saturated heterocycles. The van der Waals surface area contributed by atoms with Gasteiger partial charge in [0.2, 0.25) is 0 Å². The maximum atomic E-state index is 10.6. The Morgan fingerprint density at radius 3 is 3.00 bits per heavy atom. The highest BCUT2D eigenvalue weighted by atomic mass is 32.1. The van der Waals surface area contributed by atoms with E-state index >= 15 is 0 Å². The highest BCUT2D eigenvalue weighted by Crippen LogP contribution is 2.11. The predicted octanol–water partition coefficient (Wildman–Crippen LogP) is 0.117. The molecule has 0 bridgehead atoms. The van der Waals surface area contributed by atoms with Crippen molar-refractivity contribution in [2.45, 2.75) is 0 Å². The smallest absolute Gasteiger partial charge is 0.259 e. The van der Waals surface area contributed by atoms with Gasteiger partial charge in [-0.3, -0.25) is 4.79 Å². The van der Waals surface area contributed by atoms with Crippen LogP contribution in [0.4, 0.5) is 5.13 Å². The van der Waals surface area contributed by atoms with Gasteiger partial charge < -0.3 is 15.5 Å². The first kappa shape index (κ1) is 12.6. The SMILES string of the molecule is CN(C)CCON=C([C]=O)c1csc(N)n1. The summed E-state index contributed by atoms with van der Waals surface area (Å²) in [4.78, 5) is 21.4. The maximum absolute atomic E-state index is 10.6. The molecule has 0 aromatic carbocycles. The Balaban J connectivity index is 2.54. The lowest BCUT2D eigenvalue weighted by atomic mass is 10.3. The van der Waals surface area contributed by atoms with Crippen LogP contribution in [0.5, 0.6) is 0 Å². The molecule has 0 aliphatic carbocycles. The number of nitrogen functional groups attached to an aromatic ring is 1. The minimum atomic E-state index is 0.0340. The van der Waals surface area contributed by atoms with Gasteiger partial charge >= 0.3 is 0 Å². The number of hydrogen-bond donors (Lipinski definition) is 1. The second-order valence-corrected chi connectivity index (χ2v) is 4.14. The van der Waals surface area contributed by atoms with Gasteiger partial charge in [0.05, 0.1) is 0 Å². The molecular formula is C9H13N4O2S. The molecule has 0 aliphatic heterocycles. The van der Waals surface area contributed by atoms with Crippen molar-refractivity contribution >= 4 is 28.5 Å². The summed E-state index contributed by atoms with van der Waals surface area (Å²) in [6.07, 6.45) is 1.67. The molecule has 0 aliphatic rings. The first-order valence-corrected chi connectivity index (χ1v) is 5.45. The first-order valence-electron chi connectivity index (χ1n) is 4.57. The monoisotopic (exact) mass is 241 g/mol. The molecule has 1 aromatic rings. The molecule has 16 heavy (non-hydrogen) atoms. The molecule has 0 fully saturated rings. The number of anilines is 1. The molecule has 0 atom stereocenters. The van der Waals surface area contributed by atoms with Crippen LogP contribution in [-0.2, 0) is 9.63 Å². The second kappa shape index (κ2) is 6.19. The van der Waals surface area contributed by atoms with Crippen LogP contribution in [0.1, 0.15) is 5.69 Å². The Morgan fingerprint density at radius 1 is 1.75 bits per heavy atom. The third kappa shape index (κ3) is 3.95. The molecule has 1 aromatic heterocycles. The number of oxime groups is 1. The molecular weight excluding hydrogens is 228 g/mol. The van der Waals surface area contributed by atoms with E-state index in [4.69, 9.17) is 10.6 Å². The van der Waals surface area contributed by atoms with Crippen molar-refractivity contribution in [3.8, 4) is 0 Å². The van der Waals surface area contributed by atoms with E-state index in [0.717, 1.165) is 6.54 Å². The standard InChI is InChI=1S/C9H13N4O2S/c1-13(2)3-4-15-12-7(5-14)8-6-16-9(10)11-8/h6H,3-4H2,1-2H3,(H2,10,11). The van der Waals surface area contributed by atoms with Crippen LogP contribution in [0, 0.1) is 0 Å². The van der Waals surface area contributed by atoms with E-state index in [2.05, 4.69) is 10.1 Å². The molecule has 1 heterocycles. The molecule has 7 heteroatoms. The first-order chi connectivity index (χ1) is 7.63. The summed E-state index contributed by atoms with van der Waals surface area (Å²) in [7, 11) is 3.84. The van der Waals surface area contributed by atoms with Crippen molar-refractivity contribution < 1.29 is 9.63 Å². The lowest BCUT2D eigenvalue weighted by Gasteiger charge is -2.07. The van der Waals surface area contributed by atoms with Crippen LogP contribution in [0.3, 0.4) is 0 Å². The van der Waals surface area contributed by atoms with E-state index in [1.54, 1.807) is 11.7 Å². The summed E-state index contributed by atoms with van der Waals surface area (Å²) in [5.74, 6) is 0. The van der Waals surface area contributed by atoms with Gasteiger partial charge in [-0.05, 0) is 14.1 Å². The molecule has 6 nitrogen and oxygen atoms in total. The van der Waals surface area contributed by atoms with Crippen molar-refractivity contribution in [1.29, 1.82) is 0 Å². The van der Waals surface area contributed by atoms with Gasteiger partial charge in [0.25, 0.3) is 6.29 Å². The fraction of sp³-hybridized carbons (Fsp3) is 0.444. The Labute approximate surface area is 97.7 Å². The number of nitrogens with zero attached hydrogens (tertiary/aromatic N) is 3. The van der Waals surface area contributed by atoms with Gasteiger partial charge in [-0.2, -0.15) is 0 Å². The largest absolute Gasteiger partial charge is 0.394 e. The number of nitrogens with two attached hydrogens (primary N) is 1. The van der Waals surface area contributed by atoms with E-state index in [0.29, 0.717) is 17.4 Å². The lowest BCUT2D eigenvalue weighted by Crippen LogP contribution is -2.17. The Morgan fingerprint density at radius 2 is 2.50 bits per heavy atom. The fourth-order valence-electron chi connectivity index (χ4n) is 0.848. The second-order valence-electron chi connectivity index (χ2n) is 3.25. The Hall–Kier alpha value is -1.47. The number of rotatable bonds is 6. The number of aromatic nitrogens is 1. The zero-order valence-corrected chi connectivity index (χ0v) is 9.95. The van der Waals surface area contributed by atoms with E-state index in [1.807, 2.05) is 19.0 Å². The topological polar surface area (TPSA) is 80.8 Å². The highest BCUT2D eigenvalue weighted by molar-refractivity contribution is 7.13. The van der Waals surface area contributed by atoms with Gasteiger partial charge in [-0.15, -0.1) is 11.3 Å². The molecule has 87 valence electrons. The summed E-state index contributed by atoms with van der Waals surface area (Å²) >= 11 is 1.24. The van der Waals surface area contributed by atoms with Crippen molar-refractivity contribution in [3.05, 3.63) is 11.1 Å².